The van der Waals surface area contributed by atoms with Crippen molar-refractivity contribution in [2.75, 3.05) is 0 Å². The zero-order valence-electron chi connectivity index (χ0n) is 10.0. The van der Waals surface area contributed by atoms with Crippen molar-refractivity contribution in [1.29, 1.82) is 0 Å². The topological polar surface area (TPSA) is 35.0 Å². The van der Waals surface area contributed by atoms with Crippen molar-refractivity contribution in [3.8, 4) is 17.0 Å². The maximum Gasteiger partial charge on any atom is 0.222 e. The Kier molecular flexibility index (Phi) is 3.77. The quantitative estimate of drug-likeness (QED) is 0.794. The SMILES string of the molecule is CC(C)Oc1ccc(-c2ccnc(Cl)n2)cc1F. The molecule has 0 saturated heterocycles. The van der Waals surface area contributed by atoms with Crippen LogP contribution in [0.4, 0.5) is 4.39 Å². The van der Waals surface area contributed by atoms with Gasteiger partial charge in [0.25, 0.3) is 0 Å². The van der Waals surface area contributed by atoms with Crippen LogP contribution in [0.3, 0.4) is 0 Å². The van der Waals surface area contributed by atoms with E-state index in [0.29, 0.717) is 11.3 Å². The first-order chi connectivity index (χ1) is 8.56. The molecule has 2 aromatic rings. The van der Waals surface area contributed by atoms with Crippen LogP contribution >= 0.6 is 11.6 Å². The van der Waals surface area contributed by atoms with Gasteiger partial charge in [-0.2, -0.15) is 0 Å². The summed E-state index contributed by atoms with van der Waals surface area (Å²) in [4.78, 5) is 7.80. The summed E-state index contributed by atoms with van der Waals surface area (Å²) in [6.45, 7) is 3.69. The Morgan fingerprint density at radius 2 is 2.06 bits per heavy atom. The second-order valence-corrected chi connectivity index (χ2v) is 4.36. The van der Waals surface area contributed by atoms with Gasteiger partial charge in [0, 0.05) is 11.8 Å². The van der Waals surface area contributed by atoms with Crippen LogP contribution in [-0.2, 0) is 0 Å². The van der Waals surface area contributed by atoms with Gasteiger partial charge in [0.05, 0.1) is 11.8 Å². The number of ether oxygens (including phenoxy) is 1. The van der Waals surface area contributed by atoms with Gasteiger partial charge in [-0.3, -0.25) is 0 Å². The lowest BCUT2D eigenvalue weighted by molar-refractivity contribution is 0.231. The van der Waals surface area contributed by atoms with Gasteiger partial charge in [0.2, 0.25) is 5.28 Å². The Bertz CT molecular complexity index is 560. The lowest BCUT2D eigenvalue weighted by Gasteiger charge is -2.11. The third-order valence-corrected chi connectivity index (χ3v) is 2.40. The summed E-state index contributed by atoms with van der Waals surface area (Å²) in [5.74, 6) is -0.190. The summed E-state index contributed by atoms with van der Waals surface area (Å²) in [5.41, 5.74) is 1.21. The van der Waals surface area contributed by atoms with Crippen LogP contribution in [0.5, 0.6) is 5.75 Å². The maximum atomic E-state index is 13.8. The predicted octanol–water partition coefficient (Wildman–Crippen LogP) is 3.72. The zero-order valence-corrected chi connectivity index (χ0v) is 10.8. The van der Waals surface area contributed by atoms with Crippen LogP contribution in [0.25, 0.3) is 11.3 Å². The van der Waals surface area contributed by atoms with Crippen molar-refractivity contribution >= 4 is 11.6 Å². The molecule has 0 fully saturated rings. The predicted molar refractivity (Wildman–Crippen MR) is 68.2 cm³/mol. The Morgan fingerprint density at radius 3 is 2.67 bits per heavy atom. The van der Waals surface area contributed by atoms with E-state index in [4.69, 9.17) is 16.3 Å². The van der Waals surface area contributed by atoms with Crippen molar-refractivity contribution in [1.82, 2.24) is 9.97 Å². The highest BCUT2D eigenvalue weighted by atomic mass is 35.5. The molecular formula is C13H12ClFN2O. The highest BCUT2D eigenvalue weighted by molar-refractivity contribution is 6.28. The van der Waals surface area contributed by atoms with Gasteiger partial charge in [0.15, 0.2) is 11.6 Å². The van der Waals surface area contributed by atoms with E-state index in [9.17, 15) is 4.39 Å². The van der Waals surface area contributed by atoms with Gasteiger partial charge in [-0.1, -0.05) is 0 Å². The summed E-state index contributed by atoms with van der Waals surface area (Å²) < 4.78 is 19.1. The van der Waals surface area contributed by atoms with E-state index in [1.54, 1.807) is 18.2 Å². The molecule has 1 heterocycles. The fourth-order valence-electron chi connectivity index (χ4n) is 1.51. The minimum Gasteiger partial charge on any atom is -0.488 e. The largest absolute Gasteiger partial charge is 0.488 e. The zero-order chi connectivity index (χ0) is 13.1. The third kappa shape index (κ3) is 2.96. The molecule has 0 amide bonds. The van der Waals surface area contributed by atoms with Crippen molar-refractivity contribution < 1.29 is 9.13 Å². The van der Waals surface area contributed by atoms with E-state index in [0.717, 1.165) is 0 Å². The minimum atomic E-state index is -0.420. The van der Waals surface area contributed by atoms with E-state index >= 15 is 0 Å². The van der Waals surface area contributed by atoms with Crippen molar-refractivity contribution in [3.63, 3.8) is 0 Å². The van der Waals surface area contributed by atoms with E-state index in [1.807, 2.05) is 13.8 Å². The Labute approximate surface area is 110 Å². The monoisotopic (exact) mass is 266 g/mol. The number of rotatable bonds is 3. The molecular weight excluding hydrogens is 255 g/mol. The summed E-state index contributed by atoms with van der Waals surface area (Å²) in [5, 5.41) is 0.135. The Hall–Kier alpha value is -1.68. The minimum absolute atomic E-state index is 0.0705. The van der Waals surface area contributed by atoms with Crippen molar-refractivity contribution in [2.24, 2.45) is 0 Å². The molecule has 0 unspecified atom stereocenters. The molecule has 0 bridgehead atoms. The second kappa shape index (κ2) is 5.31. The molecule has 0 radical (unpaired) electrons. The van der Waals surface area contributed by atoms with Crippen LogP contribution < -0.4 is 4.74 Å². The highest BCUT2D eigenvalue weighted by Gasteiger charge is 2.08. The van der Waals surface area contributed by atoms with Crippen LogP contribution in [0.2, 0.25) is 5.28 Å². The van der Waals surface area contributed by atoms with Gasteiger partial charge in [-0.05, 0) is 49.7 Å². The fraction of sp³-hybridized carbons (Fsp3) is 0.231. The first-order valence-corrected chi connectivity index (χ1v) is 5.89. The first kappa shape index (κ1) is 12.8. The van der Waals surface area contributed by atoms with E-state index in [-0.39, 0.29) is 17.1 Å². The molecule has 3 nitrogen and oxygen atoms in total. The normalized spacial score (nSPS) is 10.7. The number of aromatic nitrogens is 2. The Morgan fingerprint density at radius 1 is 1.28 bits per heavy atom. The van der Waals surface area contributed by atoms with Gasteiger partial charge >= 0.3 is 0 Å². The standard InChI is InChI=1S/C13H12ClFN2O/c1-8(2)18-12-4-3-9(7-10(12)15)11-5-6-16-13(14)17-11/h3-8H,1-2H3. The van der Waals surface area contributed by atoms with Gasteiger partial charge in [0.1, 0.15) is 0 Å². The second-order valence-electron chi connectivity index (χ2n) is 4.02. The molecule has 0 aliphatic heterocycles. The molecule has 0 saturated carbocycles. The molecule has 1 aromatic carbocycles. The lowest BCUT2D eigenvalue weighted by atomic mass is 10.1. The van der Waals surface area contributed by atoms with Gasteiger partial charge in [-0.25, -0.2) is 14.4 Å². The molecule has 1 aromatic heterocycles. The fourth-order valence-corrected chi connectivity index (χ4v) is 1.65. The molecule has 0 aliphatic rings. The molecule has 0 atom stereocenters. The van der Waals surface area contributed by atoms with Gasteiger partial charge in [-0.15, -0.1) is 0 Å². The van der Waals surface area contributed by atoms with Crippen LogP contribution in [-0.4, -0.2) is 16.1 Å². The number of nitrogens with zero attached hydrogens (tertiary/aromatic N) is 2. The van der Waals surface area contributed by atoms with E-state index in [2.05, 4.69) is 9.97 Å². The van der Waals surface area contributed by atoms with Crippen LogP contribution in [0.15, 0.2) is 30.5 Å². The molecule has 0 aliphatic carbocycles. The van der Waals surface area contributed by atoms with Crippen molar-refractivity contribution in [3.05, 3.63) is 41.6 Å². The van der Waals surface area contributed by atoms with Gasteiger partial charge < -0.3 is 4.74 Å². The average Bonchev–Trinajstić information content (AvgIpc) is 2.31. The molecule has 5 heteroatoms. The summed E-state index contributed by atoms with van der Waals surface area (Å²) in [6.07, 6.45) is 1.46. The molecule has 0 N–H and O–H groups in total. The van der Waals surface area contributed by atoms with Crippen molar-refractivity contribution in [2.45, 2.75) is 20.0 Å². The summed E-state index contributed by atoms with van der Waals surface area (Å²) in [7, 11) is 0. The third-order valence-electron chi connectivity index (χ3n) is 2.22. The number of benzene rings is 1. The molecule has 0 spiro atoms. The van der Waals surface area contributed by atoms with Crippen LogP contribution in [0, 0.1) is 5.82 Å². The van der Waals surface area contributed by atoms with E-state index in [1.165, 1.54) is 12.3 Å². The van der Waals surface area contributed by atoms with E-state index < -0.39 is 5.82 Å². The number of halogens is 2. The molecule has 18 heavy (non-hydrogen) atoms. The van der Waals surface area contributed by atoms with Crippen LogP contribution in [0.1, 0.15) is 13.8 Å². The first-order valence-electron chi connectivity index (χ1n) is 5.51. The molecule has 2 rings (SSSR count). The average molecular weight is 267 g/mol. The summed E-state index contributed by atoms with van der Waals surface area (Å²) in [6, 6.07) is 6.36. The Balaban J connectivity index is 2.34. The maximum absolute atomic E-state index is 13.8. The highest BCUT2D eigenvalue weighted by Crippen LogP contribution is 2.25. The smallest absolute Gasteiger partial charge is 0.222 e. The summed E-state index contributed by atoms with van der Waals surface area (Å²) >= 11 is 5.69. The lowest BCUT2D eigenvalue weighted by Crippen LogP contribution is -2.06. The number of hydrogen-bond acceptors (Lipinski definition) is 3. The number of hydrogen-bond donors (Lipinski definition) is 0. The molecule has 94 valence electrons.